The monoisotopic (exact) mass is 591 g/mol. The van der Waals surface area contributed by atoms with Gasteiger partial charge in [0.2, 0.25) is 0 Å². The normalized spacial score (nSPS) is 9.16. The zero-order valence-corrected chi connectivity index (χ0v) is 32.4. The Balaban J connectivity index is -0.000000169. The van der Waals surface area contributed by atoms with Crippen molar-refractivity contribution in [3.8, 4) is 0 Å². The van der Waals surface area contributed by atoms with Crippen LogP contribution in [0, 0.1) is 19.8 Å². The maximum Gasteiger partial charge on any atom is -0.0174 e. The molecule has 0 N–H and O–H groups in total. The number of hydrogen-bond acceptors (Lipinski definition) is 0. The predicted octanol–water partition coefficient (Wildman–Crippen LogP) is 15.2. The van der Waals surface area contributed by atoms with E-state index in [1.54, 1.807) is 0 Å². The van der Waals surface area contributed by atoms with Crippen LogP contribution in [0.4, 0.5) is 0 Å². The van der Waals surface area contributed by atoms with E-state index in [9.17, 15) is 0 Å². The largest absolute Gasteiger partial charge is 0.100 e. The second-order valence-electron chi connectivity index (χ2n) is 10.8. The highest BCUT2D eigenvalue weighted by Gasteiger charge is 2.07. The fraction of sp³-hybridized carbons (Fsp3) is 0.488. The van der Waals surface area contributed by atoms with Crippen LogP contribution in [0.15, 0.2) is 91.1 Å². The Morgan fingerprint density at radius 1 is 0.651 bits per heavy atom. The highest BCUT2D eigenvalue weighted by molar-refractivity contribution is 5.79. The van der Waals surface area contributed by atoms with Crippen LogP contribution < -0.4 is 0 Å². The fourth-order valence-electron chi connectivity index (χ4n) is 3.78. The van der Waals surface area contributed by atoms with Crippen molar-refractivity contribution >= 4 is 11.1 Å². The third-order valence-corrected chi connectivity index (χ3v) is 5.46. The van der Waals surface area contributed by atoms with Gasteiger partial charge in [-0.1, -0.05) is 159 Å². The first-order valence-corrected chi connectivity index (χ1v) is 16.5. The molecule has 0 aliphatic heterocycles. The minimum atomic E-state index is 0.537. The van der Waals surface area contributed by atoms with Crippen LogP contribution in [-0.4, -0.2) is 0 Å². The molecule has 1 unspecified atom stereocenters. The summed E-state index contributed by atoms with van der Waals surface area (Å²) in [5.74, 6) is 0.537. The molecular weight excluding hydrogens is 516 g/mol. The highest BCUT2D eigenvalue weighted by atomic mass is 14.1. The van der Waals surface area contributed by atoms with Gasteiger partial charge < -0.3 is 0 Å². The number of hydrogen-bond donors (Lipinski definition) is 0. The van der Waals surface area contributed by atoms with Crippen molar-refractivity contribution in [1.82, 2.24) is 0 Å². The molecule has 0 saturated heterocycles. The summed E-state index contributed by atoms with van der Waals surface area (Å²) in [5.41, 5.74) is 13.9. The van der Waals surface area contributed by atoms with Crippen molar-refractivity contribution in [1.29, 1.82) is 0 Å². The molecule has 0 nitrogen and oxygen atoms in total. The van der Waals surface area contributed by atoms with E-state index in [0.29, 0.717) is 5.92 Å². The maximum atomic E-state index is 4.08. The minimum Gasteiger partial charge on any atom is -0.100 e. The highest BCUT2D eigenvalue weighted by Crippen LogP contribution is 2.26. The first-order chi connectivity index (χ1) is 20.1. The van der Waals surface area contributed by atoms with Gasteiger partial charge in [-0.3, -0.25) is 0 Å². The van der Waals surface area contributed by atoms with Crippen LogP contribution in [-0.2, 0) is 6.42 Å². The van der Waals surface area contributed by atoms with E-state index in [-0.39, 0.29) is 0 Å². The van der Waals surface area contributed by atoms with Crippen LogP contribution >= 0.6 is 0 Å². The van der Waals surface area contributed by atoms with Crippen LogP contribution in [0.3, 0.4) is 0 Å². The van der Waals surface area contributed by atoms with Crippen LogP contribution in [0.5, 0.6) is 0 Å². The van der Waals surface area contributed by atoms with Crippen LogP contribution in [0.1, 0.15) is 145 Å². The molecule has 0 amide bonds. The van der Waals surface area contributed by atoms with Crippen molar-refractivity contribution in [2.24, 2.45) is 5.92 Å². The second-order valence-corrected chi connectivity index (χ2v) is 10.8. The van der Waals surface area contributed by atoms with Crippen LogP contribution in [0.2, 0.25) is 0 Å². The molecule has 0 aromatic heterocycles. The lowest BCUT2D eigenvalue weighted by atomic mass is 9.92. The number of aryl methyl sites for hydroxylation is 2. The Hall–Kier alpha value is -2.86. The molecule has 0 bridgehead atoms. The Morgan fingerprint density at radius 2 is 1.00 bits per heavy atom. The number of allylic oxidation sites excluding steroid dienone is 6. The van der Waals surface area contributed by atoms with Gasteiger partial charge in [0, 0.05) is 0 Å². The molecule has 0 heterocycles. The molecular formula is C43H74. The standard InChI is InChI=1S/C19H26.C11H14.C4H8.C3H8.3C2H6/c1-13(2)16(7)12-17-8-10-18(11-9-17)19(14(3)4)15(5)6;1-8(2)11-9(3)6-5-7-10(11)4;1-4(2)3;1-3-2;3*1-2/h8-11,16H,1,3,12H2,2,4-7H3;5-7H,1H2,2-4H3;1H2,2-3H3;3H2,1-2H3;3*1-2H3. The van der Waals surface area contributed by atoms with Crippen molar-refractivity contribution < 1.29 is 0 Å². The SMILES string of the molecule is C=C(C)C.C=C(C)C(=C(C)C)c1ccc(CC(C)C(=C)C)cc1.C=C(C)c1c(C)cccc1C.CC.CC.CC.CCC. The lowest BCUT2D eigenvalue weighted by molar-refractivity contribution is 0.680. The summed E-state index contributed by atoms with van der Waals surface area (Å²) in [5, 5.41) is 0. The molecule has 2 aromatic carbocycles. The van der Waals surface area contributed by atoms with E-state index >= 15 is 0 Å². The van der Waals surface area contributed by atoms with E-state index in [0.717, 1.165) is 17.6 Å². The first-order valence-electron chi connectivity index (χ1n) is 16.5. The Kier molecular flexibility index (Phi) is 37.1. The van der Waals surface area contributed by atoms with E-state index < -0.39 is 0 Å². The molecule has 2 rings (SSSR count). The summed E-state index contributed by atoms with van der Waals surface area (Å²) >= 11 is 0. The molecule has 246 valence electrons. The molecule has 0 aliphatic carbocycles. The average molecular weight is 591 g/mol. The summed E-state index contributed by atoms with van der Waals surface area (Å²) in [6.45, 7) is 52.8. The Morgan fingerprint density at radius 3 is 1.23 bits per heavy atom. The van der Waals surface area contributed by atoms with Gasteiger partial charge in [0.15, 0.2) is 0 Å². The van der Waals surface area contributed by atoms with Gasteiger partial charge >= 0.3 is 0 Å². The molecule has 2 aromatic rings. The molecule has 0 heteroatoms. The van der Waals surface area contributed by atoms with Gasteiger partial charge in [0.1, 0.15) is 0 Å². The van der Waals surface area contributed by atoms with Gasteiger partial charge in [0.25, 0.3) is 0 Å². The molecule has 0 spiro atoms. The Bertz CT molecular complexity index is 1010. The molecule has 0 saturated carbocycles. The molecule has 0 radical (unpaired) electrons. The minimum absolute atomic E-state index is 0.537. The molecule has 0 fully saturated rings. The van der Waals surface area contributed by atoms with Crippen molar-refractivity contribution in [2.75, 3.05) is 0 Å². The van der Waals surface area contributed by atoms with Gasteiger partial charge in [-0.15, -0.1) is 6.58 Å². The smallest absolute Gasteiger partial charge is 0.0174 e. The summed E-state index contributed by atoms with van der Waals surface area (Å²) in [7, 11) is 0. The first kappa shape index (κ1) is 49.8. The van der Waals surface area contributed by atoms with E-state index in [1.165, 1.54) is 56.5 Å². The van der Waals surface area contributed by atoms with Crippen molar-refractivity contribution in [3.63, 3.8) is 0 Å². The Labute approximate surface area is 272 Å². The van der Waals surface area contributed by atoms with E-state index in [4.69, 9.17) is 0 Å². The molecule has 1 atom stereocenters. The number of benzene rings is 2. The van der Waals surface area contributed by atoms with Crippen molar-refractivity contribution in [2.45, 2.75) is 137 Å². The molecule has 0 aliphatic rings. The van der Waals surface area contributed by atoms with Crippen molar-refractivity contribution in [3.05, 3.63) is 119 Å². The molecule has 43 heavy (non-hydrogen) atoms. The zero-order valence-electron chi connectivity index (χ0n) is 32.4. The van der Waals surface area contributed by atoms with Crippen LogP contribution in [0.25, 0.3) is 11.1 Å². The second kappa shape index (κ2) is 32.1. The summed E-state index contributed by atoms with van der Waals surface area (Å²) < 4.78 is 0. The van der Waals surface area contributed by atoms with Gasteiger partial charge in [-0.05, 0) is 108 Å². The van der Waals surface area contributed by atoms with E-state index in [1.807, 2.05) is 55.4 Å². The quantitative estimate of drug-likeness (QED) is 0.232. The maximum absolute atomic E-state index is 4.08. The summed E-state index contributed by atoms with van der Waals surface area (Å²) in [6, 6.07) is 15.2. The lowest BCUT2D eigenvalue weighted by Crippen LogP contribution is -2.00. The van der Waals surface area contributed by atoms with Gasteiger partial charge in [-0.2, -0.15) is 0 Å². The predicted molar refractivity (Wildman–Crippen MR) is 208 cm³/mol. The summed E-state index contributed by atoms with van der Waals surface area (Å²) in [6.07, 6.45) is 2.31. The van der Waals surface area contributed by atoms with E-state index in [2.05, 4.69) is 138 Å². The number of rotatable bonds is 6. The third kappa shape index (κ3) is 26.5. The lowest BCUT2D eigenvalue weighted by Gasteiger charge is -2.13. The third-order valence-electron chi connectivity index (χ3n) is 5.46. The summed E-state index contributed by atoms with van der Waals surface area (Å²) in [4.78, 5) is 0. The topological polar surface area (TPSA) is 0 Å². The van der Waals surface area contributed by atoms with Gasteiger partial charge in [0.05, 0.1) is 0 Å². The average Bonchev–Trinajstić information content (AvgIpc) is 2.93. The van der Waals surface area contributed by atoms with Gasteiger partial charge in [-0.25, -0.2) is 0 Å². The fourth-order valence-corrected chi connectivity index (χ4v) is 3.78. The zero-order chi connectivity index (χ0) is 35.3.